The summed E-state index contributed by atoms with van der Waals surface area (Å²) in [4.78, 5) is 31.1. The van der Waals surface area contributed by atoms with E-state index in [0.29, 0.717) is 6.54 Å². The maximum atomic E-state index is 14.0. The molecule has 2 aromatic rings. The average molecular weight is 439 g/mol. The Kier molecular flexibility index (Phi) is 7.05. The molecule has 32 heavy (non-hydrogen) atoms. The van der Waals surface area contributed by atoms with Crippen LogP contribution in [-0.2, 0) is 9.59 Å². The highest BCUT2D eigenvalue weighted by Crippen LogP contribution is 2.27. The molecule has 6 nitrogen and oxygen atoms in total. The zero-order valence-corrected chi connectivity index (χ0v) is 18.6. The van der Waals surface area contributed by atoms with Gasteiger partial charge in [-0.15, -0.1) is 0 Å². The number of amides is 2. The van der Waals surface area contributed by atoms with Crippen LogP contribution in [0.3, 0.4) is 0 Å². The van der Waals surface area contributed by atoms with Crippen molar-refractivity contribution in [3.05, 3.63) is 59.9 Å². The second-order valence-corrected chi connectivity index (χ2v) is 8.67. The Labute approximate surface area is 189 Å². The Hall–Kier alpha value is -2.93. The van der Waals surface area contributed by atoms with E-state index in [4.69, 9.17) is 0 Å². The Balaban J connectivity index is 1.16. The van der Waals surface area contributed by atoms with Crippen LogP contribution >= 0.6 is 0 Å². The number of carbonyl (C=O) groups is 2. The van der Waals surface area contributed by atoms with Crippen LogP contribution in [0.1, 0.15) is 18.4 Å². The van der Waals surface area contributed by atoms with E-state index >= 15 is 0 Å². The van der Waals surface area contributed by atoms with E-state index in [1.54, 1.807) is 18.2 Å². The van der Waals surface area contributed by atoms with E-state index in [9.17, 15) is 14.0 Å². The van der Waals surface area contributed by atoms with Crippen LogP contribution in [-0.4, -0.2) is 62.5 Å². The highest BCUT2D eigenvalue weighted by atomic mass is 19.1. The molecule has 4 rings (SSSR count). The van der Waals surface area contributed by atoms with Crippen LogP contribution < -0.4 is 15.1 Å². The lowest BCUT2D eigenvalue weighted by Crippen LogP contribution is -2.47. The summed E-state index contributed by atoms with van der Waals surface area (Å²) >= 11 is 0. The predicted octanol–water partition coefficient (Wildman–Crippen LogP) is 2.82. The average Bonchev–Trinajstić information content (AvgIpc) is 3.19. The molecule has 2 aromatic carbocycles. The van der Waals surface area contributed by atoms with E-state index in [1.165, 1.54) is 22.2 Å². The first kappa shape index (κ1) is 22.3. The lowest BCUT2D eigenvalue weighted by atomic mass is 10.1. The molecular weight excluding hydrogens is 407 g/mol. The van der Waals surface area contributed by atoms with E-state index in [0.717, 1.165) is 39.1 Å². The molecule has 1 atom stereocenters. The van der Waals surface area contributed by atoms with Crippen LogP contribution in [0, 0.1) is 18.7 Å². The molecule has 2 aliphatic rings. The first-order chi connectivity index (χ1) is 15.5. The number of aryl methyl sites for hydroxylation is 1. The standard InChI is InChI=1S/C25H31FN4O2/c1-19-6-4-7-21(16-19)29-14-12-28(13-15-29)11-5-10-27-25(32)20-17-24(31)30(18-20)23-9-3-2-8-22(23)26/h2-4,6-9,16,20H,5,10-15,17-18H2,1H3,(H,27,32). The molecule has 0 aliphatic carbocycles. The number of halogens is 1. The SMILES string of the molecule is Cc1cccc(N2CCN(CCCNC(=O)C3CC(=O)N(c4ccccc4F)C3)CC2)c1. The Morgan fingerprint density at radius 3 is 2.62 bits per heavy atom. The summed E-state index contributed by atoms with van der Waals surface area (Å²) in [7, 11) is 0. The minimum absolute atomic E-state index is 0.124. The highest BCUT2D eigenvalue weighted by Gasteiger charge is 2.35. The molecule has 0 aromatic heterocycles. The quantitative estimate of drug-likeness (QED) is 0.676. The van der Waals surface area contributed by atoms with Gasteiger partial charge in [-0.3, -0.25) is 14.5 Å². The Morgan fingerprint density at radius 2 is 1.88 bits per heavy atom. The molecule has 170 valence electrons. The van der Waals surface area contributed by atoms with E-state index < -0.39 is 11.7 Å². The number of benzene rings is 2. The Bertz CT molecular complexity index is 958. The summed E-state index contributed by atoms with van der Waals surface area (Å²) in [5.41, 5.74) is 2.81. The van der Waals surface area contributed by atoms with Gasteiger partial charge < -0.3 is 15.1 Å². The molecule has 0 saturated carbocycles. The van der Waals surface area contributed by atoms with Crippen LogP contribution in [0.2, 0.25) is 0 Å². The van der Waals surface area contributed by atoms with Crippen molar-refractivity contribution >= 4 is 23.2 Å². The molecule has 1 N–H and O–H groups in total. The van der Waals surface area contributed by atoms with E-state index in [2.05, 4.69) is 46.3 Å². The smallest absolute Gasteiger partial charge is 0.227 e. The zero-order chi connectivity index (χ0) is 22.5. The fourth-order valence-corrected chi connectivity index (χ4v) is 4.50. The maximum absolute atomic E-state index is 14.0. The van der Waals surface area contributed by atoms with Gasteiger partial charge in [0.25, 0.3) is 0 Å². The minimum Gasteiger partial charge on any atom is -0.369 e. The van der Waals surface area contributed by atoms with Crippen molar-refractivity contribution in [2.45, 2.75) is 19.8 Å². The lowest BCUT2D eigenvalue weighted by molar-refractivity contribution is -0.126. The Morgan fingerprint density at radius 1 is 1.09 bits per heavy atom. The van der Waals surface area contributed by atoms with Crippen LogP contribution in [0.5, 0.6) is 0 Å². The molecule has 7 heteroatoms. The first-order valence-electron chi connectivity index (χ1n) is 11.4. The molecule has 1 unspecified atom stereocenters. The highest BCUT2D eigenvalue weighted by molar-refractivity contribution is 6.00. The number of carbonyl (C=O) groups excluding carboxylic acids is 2. The fourth-order valence-electron chi connectivity index (χ4n) is 4.50. The van der Waals surface area contributed by atoms with Crippen molar-refractivity contribution in [2.75, 3.05) is 55.6 Å². The van der Waals surface area contributed by atoms with E-state index in [1.807, 2.05) is 0 Å². The van der Waals surface area contributed by atoms with Gasteiger partial charge in [0.05, 0.1) is 11.6 Å². The largest absolute Gasteiger partial charge is 0.369 e. The monoisotopic (exact) mass is 438 g/mol. The molecule has 0 bridgehead atoms. The minimum atomic E-state index is -0.440. The summed E-state index contributed by atoms with van der Waals surface area (Å²) in [6.45, 7) is 7.90. The number of hydrogen-bond donors (Lipinski definition) is 1. The number of para-hydroxylation sites is 1. The van der Waals surface area contributed by atoms with Gasteiger partial charge in [0.15, 0.2) is 0 Å². The summed E-state index contributed by atoms with van der Waals surface area (Å²) in [6.07, 6.45) is 0.995. The van der Waals surface area contributed by atoms with Gasteiger partial charge in [-0.2, -0.15) is 0 Å². The van der Waals surface area contributed by atoms with Gasteiger partial charge in [0, 0.05) is 51.4 Å². The number of rotatable bonds is 7. The summed E-state index contributed by atoms with van der Waals surface area (Å²) in [5, 5.41) is 2.96. The van der Waals surface area contributed by atoms with Crippen molar-refractivity contribution in [1.29, 1.82) is 0 Å². The fraction of sp³-hybridized carbons (Fsp3) is 0.440. The van der Waals surface area contributed by atoms with Crippen molar-refractivity contribution in [3.63, 3.8) is 0 Å². The molecule has 0 radical (unpaired) electrons. The third kappa shape index (κ3) is 5.27. The van der Waals surface area contributed by atoms with Gasteiger partial charge in [-0.1, -0.05) is 24.3 Å². The van der Waals surface area contributed by atoms with Gasteiger partial charge >= 0.3 is 0 Å². The van der Waals surface area contributed by atoms with Gasteiger partial charge in [-0.05, 0) is 49.7 Å². The third-order valence-electron chi connectivity index (χ3n) is 6.33. The zero-order valence-electron chi connectivity index (χ0n) is 18.6. The van der Waals surface area contributed by atoms with E-state index in [-0.39, 0.29) is 30.5 Å². The third-order valence-corrected chi connectivity index (χ3v) is 6.33. The molecule has 0 spiro atoms. The summed E-state index contributed by atoms with van der Waals surface area (Å²) in [5.74, 6) is -1.20. The van der Waals surface area contributed by atoms with Gasteiger partial charge in [0.1, 0.15) is 5.82 Å². The number of piperazine rings is 1. The van der Waals surface area contributed by atoms with Gasteiger partial charge in [-0.25, -0.2) is 4.39 Å². The maximum Gasteiger partial charge on any atom is 0.227 e. The second-order valence-electron chi connectivity index (χ2n) is 8.67. The molecular formula is C25H31FN4O2. The van der Waals surface area contributed by atoms with Crippen molar-refractivity contribution in [1.82, 2.24) is 10.2 Å². The molecule has 2 amide bonds. The normalized spacial score (nSPS) is 19.4. The molecule has 2 heterocycles. The van der Waals surface area contributed by atoms with Crippen molar-refractivity contribution < 1.29 is 14.0 Å². The van der Waals surface area contributed by atoms with Crippen LogP contribution in [0.25, 0.3) is 0 Å². The van der Waals surface area contributed by atoms with Crippen LogP contribution in [0.15, 0.2) is 48.5 Å². The summed E-state index contributed by atoms with van der Waals surface area (Å²) < 4.78 is 14.0. The summed E-state index contributed by atoms with van der Waals surface area (Å²) in [6, 6.07) is 14.8. The van der Waals surface area contributed by atoms with Gasteiger partial charge in [0.2, 0.25) is 11.8 Å². The molecule has 2 aliphatic heterocycles. The van der Waals surface area contributed by atoms with Crippen LogP contribution in [0.4, 0.5) is 15.8 Å². The number of anilines is 2. The van der Waals surface area contributed by atoms with Crippen molar-refractivity contribution in [2.24, 2.45) is 5.92 Å². The molecule has 2 saturated heterocycles. The number of hydrogen-bond acceptors (Lipinski definition) is 4. The topological polar surface area (TPSA) is 55.9 Å². The second kappa shape index (κ2) is 10.1. The number of nitrogens with one attached hydrogen (secondary N) is 1. The molecule has 2 fully saturated rings. The lowest BCUT2D eigenvalue weighted by Gasteiger charge is -2.36. The predicted molar refractivity (Wildman–Crippen MR) is 124 cm³/mol. The number of nitrogens with zero attached hydrogens (tertiary/aromatic N) is 3. The van der Waals surface area contributed by atoms with Crippen molar-refractivity contribution in [3.8, 4) is 0 Å². The first-order valence-corrected chi connectivity index (χ1v) is 11.4.